The first kappa shape index (κ1) is 15.5. The van der Waals surface area contributed by atoms with Gasteiger partial charge in [-0.2, -0.15) is 0 Å². The molecule has 6 heteroatoms. The van der Waals surface area contributed by atoms with Gasteiger partial charge in [0.15, 0.2) is 0 Å². The van der Waals surface area contributed by atoms with Gasteiger partial charge in [-0.15, -0.1) is 0 Å². The highest BCUT2D eigenvalue weighted by Gasteiger charge is 2.10. The molecule has 1 heterocycles. The molecule has 0 aliphatic rings. The monoisotopic (exact) mass is 299 g/mol. The van der Waals surface area contributed by atoms with Crippen LogP contribution < -0.4 is 10.6 Å². The van der Waals surface area contributed by atoms with Crippen molar-refractivity contribution in [1.29, 1.82) is 0 Å². The van der Waals surface area contributed by atoms with Crippen LogP contribution in [0.4, 0.5) is 10.5 Å². The third-order valence-electron chi connectivity index (χ3n) is 3.12. The number of hydrogen-bond acceptors (Lipinski definition) is 4. The van der Waals surface area contributed by atoms with Gasteiger partial charge < -0.3 is 15.4 Å². The van der Waals surface area contributed by atoms with Crippen LogP contribution in [0.15, 0.2) is 48.8 Å². The van der Waals surface area contributed by atoms with Gasteiger partial charge in [-0.05, 0) is 48.9 Å². The molecule has 0 aliphatic carbocycles. The molecule has 2 N–H and O–H groups in total. The van der Waals surface area contributed by atoms with E-state index in [1.54, 1.807) is 36.7 Å². The standard InChI is InChI=1S/C16H17N3O3/c1-11(12-7-9-17-10-8-12)18-16(21)19-14-5-3-13(4-6-14)15(20)22-2/h3-11H,1-2H3,(H2,18,19,21)/t11-/m1/s1. The Labute approximate surface area is 128 Å². The van der Waals surface area contributed by atoms with E-state index in [2.05, 4.69) is 20.4 Å². The van der Waals surface area contributed by atoms with E-state index in [9.17, 15) is 9.59 Å². The lowest BCUT2D eigenvalue weighted by molar-refractivity contribution is 0.0601. The normalized spacial score (nSPS) is 11.4. The summed E-state index contributed by atoms with van der Waals surface area (Å²) in [7, 11) is 1.32. The highest BCUT2D eigenvalue weighted by molar-refractivity contribution is 5.92. The van der Waals surface area contributed by atoms with Crippen LogP contribution in [0.3, 0.4) is 0 Å². The number of carbonyl (C=O) groups excluding carboxylic acids is 2. The molecule has 114 valence electrons. The van der Waals surface area contributed by atoms with Gasteiger partial charge in [0.2, 0.25) is 0 Å². The minimum Gasteiger partial charge on any atom is -0.465 e. The minimum atomic E-state index is -0.415. The highest BCUT2D eigenvalue weighted by atomic mass is 16.5. The van der Waals surface area contributed by atoms with Gasteiger partial charge >= 0.3 is 12.0 Å². The van der Waals surface area contributed by atoms with Crippen molar-refractivity contribution in [2.45, 2.75) is 13.0 Å². The van der Waals surface area contributed by atoms with Crippen LogP contribution in [-0.2, 0) is 4.74 Å². The average molecular weight is 299 g/mol. The first-order valence-corrected chi connectivity index (χ1v) is 6.76. The van der Waals surface area contributed by atoms with Crippen molar-refractivity contribution in [3.8, 4) is 0 Å². The molecule has 22 heavy (non-hydrogen) atoms. The molecule has 6 nitrogen and oxygen atoms in total. The van der Waals surface area contributed by atoms with Crippen LogP contribution in [0, 0.1) is 0 Å². The molecule has 0 saturated heterocycles. The Bertz CT molecular complexity index is 641. The molecule has 2 aromatic rings. The first-order chi connectivity index (χ1) is 10.6. The number of ether oxygens (including phenoxy) is 1. The molecule has 0 fully saturated rings. The molecule has 2 amide bonds. The maximum atomic E-state index is 11.9. The van der Waals surface area contributed by atoms with Crippen molar-refractivity contribution in [3.05, 3.63) is 59.9 Å². The molecule has 0 bridgehead atoms. The van der Waals surface area contributed by atoms with E-state index < -0.39 is 5.97 Å². The van der Waals surface area contributed by atoms with Crippen LogP contribution in [-0.4, -0.2) is 24.1 Å². The average Bonchev–Trinajstić information content (AvgIpc) is 2.55. The van der Waals surface area contributed by atoms with E-state index in [4.69, 9.17) is 0 Å². The minimum absolute atomic E-state index is 0.141. The summed E-state index contributed by atoms with van der Waals surface area (Å²) in [5.74, 6) is -0.415. The summed E-state index contributed by atoms with van der Waals surface area (Å²) in [5, 5.41) is 5.53. The van der Waals surface area contributed by atoms with E-state index in [0.29, 0.717) is 11.3 Å². The summed E-state index contributed by atoms with van der Waals surface area (Å²) < 4.78 is 4.62. The highest BCUT2D eigenvalue weighted by Crippen LogP contribution is 2.13. The molecule has 1 aromatic carbocycles. The molecule has 0 spiro atoms. The zero-order valence-electron chi connectivity index (χ0n) is 12.4. The summed E-state index contributed by atoms with van der Waals surface area (Å²) in [5.41, 5.74) is 1.98. The third-order valence-corrected chi connectivity index (χ3v) is 3.12. The quantitative estimate of drug-likeness (QED) is 0.851. The number of nitrogens with one attached hydrogen (secondary N) is 2. The van der Waals surface area contributed by atoms with Crippen molar-refractivity contribution >= 4 is 17.7 Å². The number of aromatic nitrogens is 1. The second-order valence-electron chi connectivity index (χ2n) is 4.67. The smallest absolute Gasteiger partial charge is 0.337 e. The molecular weight excluding hydrogens is 282 g/mol. The van der Waals surface area contributed by atoms with Crippen molar-refractivity contribution in [1.82, 2.24) is 10.3 Å². The Hall–Kier alpha value is -2.89. The number of esters is 1. The van der Waals surface area contributed by atoms with Gasteiger partial charge in [0.25, 0.3) is 0 Å². The molecule has 1 aromatic heterocycles. The molecule has 0 aliphatic heterocycles. The second-order valence-corrected chi connectivity index (χ2v) is 4.67. The van der Waals surface area contributed by atoms with Gasteiger partial charge in [-0.1, -0.05) is 0 Å². The fourth-order valence-electron chi connectivity index (χ4n) is 1.91. The molecule has 2 rings (SSSR count). The predicted molar refractivity (Wildman–Crippen MR) is 82.6 cm³/mol. The predicted octanol–water partition coefficient (Wildman–Crippen LogP) is 2.75. The Kier molecular flexibility index (Phi) is 5.08. The second kappa shape index (κ2) is 7.21. The van der Waals surface area contributed by atoms with E-state index >= 15 is 0 Å². The van der Waals surface area contributed by atoms with E-state index in [1.807, 2.05) is 19.1 Å². The number of anilines is 1. The molecule has 0 radical (unpaired) electrons. The number of methoxy groups -OCH3 is 1. The Morgan fingerprint density at radius 1 is 1.09 bits per heavy atom. The Morgan fingerprint density at radius 2 is 1.73 bits per heavy atom. The fourth-order valence-corrected chi connectivity index (χ4v) is 1.91. The molecule has 0 saturated carbocycles. The largest absolute Gasteiger partial charge is 0.465 e. The van der Waals surface area contributed by atoms with Crippen LogP contribution in [0.2, 0.25) is 0 Å². The van der Waals surface area contributed by atoms with Crippen molar-refractivity contribution in [2.24, 2.45) is 0 Å². The molecule has 1 atom stereocenters. The van der Waals surface area contributed by atoms with Gasteiger partial charge in [0.1, 0.15) is 0 Å². The fraction of sp³-hybridized carbons (Fsp3) is 0.188. The summed E-state index contributed by atoms with van der Waals surface area (Å²) in [6, 6.07) is 9.69. The lowest BCUT2D eigenvalue weighted by atomic mass is 10.1. The van der Waals surface area contributed by atoms with Crippen molar-refractivity contribution < 1.29 is 14.3 Å². The maximum Gasteiger partial charge on any atom is 0.337 e. The number of urea groups is 1. The lowest BCUT2D eigenvalue weighted by Crippen LogP contribution is -2.31. The number of rotatable bonds is 4. The van der Waals surface area contributed by atoms with Crippen LogP contribution in [0.1, 0.15) is 28.9 Å². The van der Waals surface area contributed by atoms with Crippen LogP contribution >= 0.6 is 0 Å². The third kappa shape index (κ3) is 4.05. The van der Waals surface area contributed by atoms with Crippen molar-refractivity contribution in [2.75, 3.05) is 12.4 Å². The maximum absolute atomic E-state index is 11.9. The van der Waals surface area contributed by atoms with E-state index in [1.165, 1.54) is 7.11 Å². The van der Waals surface area contributed by atoms with Gasteiger partial charge in [0.05, 0.1) is 18.7 Å². The summed E-state index contributed by atoms with van der Waals surface area (Å²) in [6.07, 6.45) is 3.36. The van der Waals surface area contributed by atoms with Gasteiger partial charge in [-0.25, -0.2) is 9.59 Å². The molecular formula is C16H17N3O3. The number of hydrogen-bond donors (Lipinski definition) is 2. The van der Waals surface area contributed by atoms with Crippen LogP contribution in [0.25, 0.3) is 0 Å². The summed E-state index contributed by atoms with van der Waals surface area (Å²) in [6.45, 7) is 1.88. The zero-order valence-corrected chi connectivity index (χ0v) is 12.4. The van der Waals surface area contributed by atoms with Gasteiger partial charge in [-0.3, -0.25) is 4.98 Å². The van der Waals surface area contributed by atoms with E-state index in [-0.39, 0.29) is 12.1 Å². The lowest BCUT2D eigenvalue weighted by Gasteiger charge is -2.15. The first-order valence-electron chi connectivity index (χ1n) is 6.76. The SMILES string of the molecule is COC(=O)c1ccc(NC(=O)N[C@H](C)c2ccncc2)cc1. The summed E-state index contributed by atoms with van der Waals surface area (Å²) >= 11 is 0. The van der Waals surface area contributed by atoms with Crippen molar-refractivity contribution in [3.63, 3.8) is 0 Å². The summed E-state index contributed by atoms with van der Waals surface area (Å²) in [4.78, 5) is 27.2. The number of amides is 2. The Morgan fingerprint density at radius 3 is 2.32 bits per heavy atom. The zero-order chi connectivity index (χ0) is 15.9. The molecule has 0 unspecified atom stereocenters. The number of benzene rings is 1. The number of carbonyl (C=O) groups is 2. The van der Waals surface area contributed by atoms with E-state index in [0.717, 1.165) is 5.56 Å². The van der Waals surface area contributed by atoms with Gasteiger partial charge in [0, 0.05) is 18.1 Å². The van der Waals surface area contributed by atoms with Crippen LogP contribution in [0.5, 0.6) is 0 Å². The number of pyridine rings is 1. The Balaban J connectivity index is 1.93. The topological polar surface area (TPSA) is 80.3 Å². The number of nitrogens with zero attached hydrogens (tertiary/aromatic N) is 1.